The number of carbonyl (C=O) groups excluding carboxylic acids is 2. The number of nitrogens with zero attached hydrogens (tertiary/aromatic N) is 2. The molecule has 1 aromatic heterocycles. The smallest absolute Gasteiger partial charge is 0.306 e. The molecule has 1 saturated heterocycles. The summed E-state index contributed by atoms with van der Waals surface area (Å²) in [7, 11) is 0. The average Bonchev–Trinajstić information content (AvgIpc) is 3.13. The molecule has 0 radical (unpaired) electrons. The predicted octanol–water partition coefficient (Wildman–Crippen LogP) is 2.23. The highest BCUT2D eigenvalue weighted by Crippen LogP contribution is 2.29. The summed E-state index contributed by atoms with van der Waals surface area (Å²) >= 11 is 1.24. The van der Waals surface area contributed by atoms with Crippen LogP contribution in [0.3, 0.4) is 0 Å². The van der Waals surface area contributed by atoms with Crippen LogP contribution in [-0.2, 0) is 14.3 Å². The molecule has 0 aliphatic carbocycles. The molecule has 2 heterocycles. The van der Waals surface area contributed by atoms with Crippen LogP contribution in [0.4, 0.5) is 0 Å². The van der Waals surface area contributed by atoms with Crippen LogP contribution in [-0.4, -0.2) is 38.3 Å². The number of ketones is 1. The number of Topliss-reactive ketones (excluding diaryl/α,β-unsaturated/α-hetero) is 1. The fourth-order valence-corrected chi connectivity index (χ4v) is 3.04. The second kappa shape index (κ2) is 5.92. The van der Waals surface area contributed by atoms with E-state index >= 15 is 0 Å². The summed E-state index contributed by atoms with van der Waals surface area (Å²) in [6.07, 6.45) is 0.736. The fraction of sp³-hybridized carbons (Fsp3) is 0.333. The highest BCUT2D eigenvalue weighted by Gasteiger charge is 2.42. The Balaban J connectivity index is 1.62. The molecule has 1 atom stereocenters. The molecule has 1 aromatic carbocycles. The molecule has 1 aliphatic rings. The number of hydrogen-bond donors (Lipinski definition) is 1. The van der Waals surface area contributed by atoms with Gasteiger partial charge in [-0.05, 0) is 6.92 Å². The number of thioether (sulfide) groups is 1. The van der Waals surface area contributed by atoms with Crippen molar-refractivity contribution in [3.8, 4) is 11.4 Å². The third-order valence-electron chi connectivity index (χ3n) is 3.58. The molecule has 0 saturated carbocycles. The standard InChI is InChI=1S/C15H15N3O3S/c1-15(8-7-12(20)21-15)11(19)9-22-14-16-13(17-18-14)10-5-3-2-4-6-10/h2-6H,7-9H2,1H3,(H,16,17,18)/t15-/m0/s1. The van der Waals surface area contributed by atoms with E-state index in [-0.39, 0.29) is 17.5 Å². The largest absolute Gasteiger partial charge is 0.451 e. The molecule has 2 aromatic rings. The summed E-state index contributed by atoms with van der Waals surface area (Å²) in [5, 5.41) is 7.45. The van der Waals surface area contributed by atoms with Gasteiger partial charge in [-0.2, -0.15) is 0 Å². The Morgan fingerprint density at radius 2 is 2.18 bits per heavy atom. The molecular formula is C15H15N3O3S. The van der Waals surface area contributed by atoms with Gasteiger partial charge in [0.15, 0.2) is 17.2 Å². The third-order valence-corrected chi connectivity index (χ3v) is 4.43. The van der Waals surface area contributed by atoms with Crippen molar-refractivity contribution < 1.29 is 14.3 Å². The molecule has 7 heteroatoms. The first-order chi connectivity index (χ1) is 10.6. The zero-order chi connectivity index (χ0) is 15.6. The molecule has 1 aliphatic heterocycles. The maximum atomic E-state index is 12.2. The number of esters is 1. The van der Waals surface area contributed by atoms with E-state index < -0.39 is 5.60 Å². The summed E-state index contributed by atoms with van der Waals surface area (Å²) in [6, 6.07) is 9.63. The van der Waals surface area contributed by atoms with Crippen molar-refractivity contribution in [2.75, 3.05) is 5.75 Å². The van der Waals surface area contributed by atoms with Gasteiger partial charge in [-0.1, -0.05) is 42.1 Å². The molecule has 1 fully saturated rings. The molecule has 0 unspecified atom stereocenters. The minimum atomic E-state index is -0.997. The van der Waals surface area contributed by atoms with E-state index in [1.54, 1.807) is 6.92 Å². The first-order valence-electron chi connectivity index (χ1n) is 6.93. The topological polar surface area (TPSA) is 84.9 Å². The lowest BCUT2D eigenvalue weighted by molar-refractivity contribution is -0.154. The van der Waals surface area contributed by atoms with Crippen LogP contribution in [0.1, 0.15) is 19.8 Å². The lowest BCUT2D eigenvalue weighted by atomic mass is 9.98. The third kappa shape index (κ3) is 3.04. The van der Waals surface area contributed by atoms with Crippen LogP contribution in [0.5, 0.6) is 0 Å². The average molecular weight is 317 g/mol. The van der Waals surface area contributed by atoms with E-state index in [1.165, 1.54) is 11.8 Å². The van der Waals surface area contributed by atoms with Crippen molar-refractivity contribution in [1.82, 2.24) is 15.2 Å². The van der Waals surface area contributed by atoms with Gasteiger partial charge in [-0.15, -0.1) is 5.10 Å². The monoisotopic (exact) mass is 317 g/mol. The molecule has 0 spiro atoms. The van der Waals surface area contributed by atoms with Crippen LogP contribution in [0.2, 0.25) is 0 Å². The SMILES string of the molecule is C[C@@]1(C(=O)CSc2n[nH]c(-c3ccccc3)n2)CCC(=O)O1. The van der Waals surface area contributed by atoms with E-state index in [1.807, 2.05) is 30.3 Å². The van der Waals surface area contributed by atoms with Gasteiger partial charge in [0.2, 0.25) is 5.16 Å². The van der Waals surface area contributed by atoms with Gasteiger partial charge in [0.05, 0.1) is 5.75 Å². The Kier molecular flexibility index (Phi) is 3.98. The predicted molar refractivity (Wildman–Crippen MR) is 81.3 cm³/mol. The maximum absolute atomic E-state index is 12.2. The molecule has 114 valence electrons. The number of nitrogens with one attached hydrogen (secondary N) is 1. The number of aromatic nitrogens is 3. The van der Waals surface area contributed by atoms with Crippen LogP contribution < -0.4 is 0 Å². The number of H-pyrrole nitrogens is 1. The zero-order valence-electron chi connectivity index (χ0n) is 12.0. The first-order valence-corrected chi connectivity index (χ1v) is 7.91. The highest BCUT2D eigenvalue weighted by molar-refractivity contribution is 7.99. The normalized spacial score (nSPS) is 20.9. The maximum Gasteiger partial charge on any atom is 0.306 e. The quantitative estimate of drug-likeness (QED) is 0.672. The number of aromatic amines is 1. The summed E-state index contributed by atoms with van der Waals surface area (Å²) < 4.78 is 5.12. The minimum absolute atomic E-state index is 0.116. The number of benzene rings is 1. The summed E-state index contributed by atoms with van der Waals surface area (Å²) in [4.78, 5) is 27.7. The lowest BCUT2D eigenvalue weighted by Gasteiger charge is -2.19. The van der Waals surface area contributed by atoms with E-state index in [2.05, 4.69) is 15.2 Å². The van der Waals surface area contributed by atoms with Gasteiger partial charge >= 0.3 is 5.97 Å². The molecule has 0 bridgehead atoms. The fourth-order valence-electron chi connectivity index (χ4n) is 2.21. The van der Waals surface area contributed by atoms with Crippen LogP contribution in [0.15, 0.2) is 35.5 Å². The number of cyclic esters (lactones) is 1. The van der Waals surface area contributed by atoms with E-state index in [0.29, 0.717) is 23.8 Å². The van der Waals surface area contributed by atoms with Gasteiger partial charge in [0, 0.05) is 18.4 Å². The minimum Gasteiger partial charge on any atom is -0.451 e. The van der Waals surface area contributed by atoms with Crippen molar-refractivity contribution in [3.05, 3.63) is 30.3 Å². The molecule has 3 rings (SSSR count). The van der Waals surface area contributed by atoms with Crippen molar-refractivity contribution in [3.63, 3.8) is 0 Å². The van der Waals surface area contributed by atoms with E-state index in [0.717, 1.165) is 5.56 Å². The van der Waals surface area contributed by atoms with Crippen molar-refractivity contribution in [1.29, 1.82) is 0 Å². The molecule has 0 amide bonds. The van der Waals surface area contributed by atoms with Crippen molar-refractivity contribution in [2.24, 2.45) is 0 Å². The Morgan fingerprint density at radius 1 is 1.41 bits per heavy atom. The summed E-state index contributed by atoms with van der Waals surface area (Å²) in [5.41, 5.74) is -0.0623. The van der Waals surface area contributed by atoms with Crippen molar-refractivity contribution in [2.45, 2.75) is 30.5 Å². The molecule has 6 nitrogen and oxygen atoms in total. The summed E-state index contributed by atoms with van der Waals surface area (Å²) in [6.45, 7) is 1.66. The summed E-state index contributed by atoms with van der Waals surface area (Å²) in [5.74, 6) is 0.407. The number of carbonyl (C=O) groups is 2. The Bertz CT molecular complexity index is 701. The second-order valence-corrected chi connectivity index (χ2v) is 6.19. The molecule has 1 N–H and O–H groups in total. The lowest BCUT2D eigenvalue weighted by Crippen LogP contribution is -2.36. The Hall–Kier alpha value is -2.15. The highest BCUT2D eigenvalue weighted by atomic mass is 32.2. The first kappa shape index (κ1) is 14.8. The van der Waals surface area contributed by atoms with Gasteiger partial charge in [-0.3, -0.25) is 14.7 Å². The van der Waals surface area contributed by atoms with Gasteiger partial charge < -0.3 is 4.74 Å². The zero-order valence-corrected chi connectivity index (χ0v) is 12.9. The second-order valence-electron chi connectivity index (χ2n) is 5.25. The van der Waals surface area contributed by atoms with Gasteiger partial charge in [0.25, 0.3) is 0 Å². The van der Waals surface area contributed by atoms with Crippen LogP contribution >= 0.6 is 11.8 Å². The molecule has 22 heavy (non-hydrogen) atoms. The molecular weight excluding hydrogens is 302 g/mol. The Labute approximate surface area is 131 Å². The van der Waals surface area contributed by atoms with Gasteiger partial charge in [0.1, 0.15) is 0 Å². The Morgan fingerprint density at radius 3 is 2.86 bits per heavy atom. The van der Waals surface area contributed by atoms with Crippen LogP contribution in [0, 0.1) is 0 Å². The van der Waals surface area contributed by atoms with Gasteiger partial charge in [-0.25, -0.2) is 4.98 Å². The van der Waals surface area contributed by atoms with Crippen molar-refractivity contribution >= 4 is 23.5 Å². The van der Waals surface area contributed by atoms with E-state index in [4.69, 9.17) is 4.74 Å². The van der Waals surface area contributed by atoms with E-state index in [9.17, 15) is 9.59 Å². The number of rotatable bonds is 5. The number of hydrogen-bond acceptors (Lipinski definition) is 6. The number of ether oxygens (including phenoxy) is 1. The van der Waals surface area contributed by atoms with Crippen LogP contribution in [0.25, 0.3) is 11.4 Å².